The molecule has 1 fully saturated rings. The van der Waals surface area contributed by atoms with Crippen molar-refractivity contribution in [1.82, 2.24) is 4.98 Å². The number of halogens is 4. The van der Waals surface area contributed by atoms with Gasteiger partial charge in [0.1, 0.15) is 0 Å². The molecule has 1 aliphatic heterocycles. The molecule has 112 valence electrons. The van der Waals surface area contributed by atoms with Crippen LogP contribution < -0.4 is 10.1 Å². The van der Waals surface area contributed by atoms with Crippen LogP contribution in [0.25, 0.3) is 0 Å². The number of rotatable bonds is 6. The molecule has 0 bridgehead atoms. The first-order chi connectivity index (χ1) is 9.47. The topological polar surface area (TPSA) is 43.4 Å². The third-order valence-corrected chi connectivity index (χ3v) is 2.77. The Morgan fingerprint density at radius 1 is 1.45 bits per heavy atom. The second kappa shape index (κ2) is 6.25. The van der Waals surface area contributed by atoms with Gasteiger partial charge in [-0.05, 0) is 12.5 Å². The first-order valence-corrected chi connectivity index (χ1v) is 6.06. The Labute approximate surface area is 113 Å². The number of nitrogens with one attached hydrogen (secondary N) is 1. The first kappa shape index (κ1) is 14.8. The number of hydrogen-bond acceptors (Lipinski definition) is 4. The Balaban J connectivity index is 1.85. The van der Waals surface area contributed by atoms with Gasteiger partial charge in [0, 0.05) is 12.7 Å². The maximum Gasteiger partial charge on any atom is 0.340 e. The van der Waals surface area contributed by atoms with Gasteiger partial charge in [-0.2, -0.15) is 8.78 Å². The van der Waals surface area contributed by atoms with Crippen LogP contribution in [0.5, 0.6) is 5.88 Å². The summed E-state index contributed by atoms with van der Waals surface area (Å²) >= 11 is 0. The molecule has 0 saturated carbocycles. The molecule has 2 rings (SSSR count). The Morgan fingerprint density at radius 2 is 2.25 bits per heavy atom. The van der Waals surface area contributed by atoms with Crippen molar-refractivity contribution in [1.29, 1.82) is 0 Å². The monoisotopic (exact) mass is 294 g/mol. The van der Waals surface area contributed by atoms with E-state index in [2.05, 4.69) is 15.0 Å². The quantitative estimate of drug-likeness (QED) is 0.819. The molecule has 0 aromatic carbocycles. The second-order valence-electron chi connectivity index (χ2n) is 4.44. The normalized spacial score (nSPS) is 19.4. The summed E-state index contributed by atoms with van der Waals surface area (Å²) in [7, 11) is 0. The lowest BCUT2D eigenvalue weighted by Crippen LogP contribution is -2.33. The van der Waals surface area contributed by atoms with Crippen molar-refractivity contribution in [2.45, 2.75) is 24.8 Å². The molecule has 1 N–H and O–H groups in total. The minimum absolute atomic E-state index is 0.126. The number of nitrogens with zero attached hydrogens (tertiary/aromatic N) is 1. The molecular weight excluding hydrogens is 280 g/mol. The van der Waals surface area contributed by atoms with E-state index < -0.39 is 19.0 Å². The van der Waals surface area contributed by atoms with E-state index in [-0.39, 0.29) is 11.9 Å². The average molecular weight is 294 g/mol. The van der Waals surface area contributed by atoms with Crippen molar-refractivity contribution in [2.24, 2.45) is 0 Å². The fourth-order valence-electron chi connectivity index (χ4n) is 1.67. The van der Waals surface area contributed by atoms with E-state index in [1.165, 1.54) is 12.3 Å². The highest BCUT2D eigenvalue weighted by Gasteiger charge is 2.41. The molecule has 8 heteroatoms. The van der Waals surface area contributed by atoms with Gasteiger partial charge in [-0.15, -0.1) is 0 Å². The van der Waals surface area contributed by atoms with Crippen LogP contribution in [0.1, 0.15) is 6.42 Å². The van der Waals surface area contributed by atoms with E-state index in [1.54, 1.807) is 6.07 Å². The van der Waals surface area contributed by atoms with Crippen LogP contribution in [0.4, 0.5) is 23.2 Å². The minimum Gasteiger partial charge on any atom is -0.471 e. The van der Waals surface area contributed by atoms with Crippen LogP contribution in [0, 0.1) is 0 Å². The summed E-state index contributed by atoms with van der Waals surface area (Å²) in [6.07, 6.45) is -1.49. The van der Waals surface area contributed by atoms with Gasteiger partial charge < -0.3 is 14.8 Å². The van der Waals surface area contributed by atoms with Gasteiger partial charge in [0.2, 0.25) is 5.88 Å². The lowest BCUT2D eigenvalue weighted by atomic mass is 10.2. The van der Waals surface area contributed by atoms with E-state index >= 15 is 0 Å². The fourth-order valence-corrected chi connectivity index (χ4v) is 1.67. The molecule has 2 heterocycles. The van der Waals surface area contributed by atoms with Crippen molar-refractivity contribution < 1.29 is 27.0 Å². The van der Waals surface area contributed by atoms with Crippen LogP contribution in [-0.2, 0) is 4.74 Å². The molecule has 0 aliphatic carbocycles. The molecule has 20 heavy (non-hydrogen) atoms. The number of aromatic nitrogens is 1. The molecule has 0 amide bonds. The molecule has 4 nitrogen and oxygen atoms in total. The molecule has 1 saturated heterocycles. The molecular formula is C12H14F4N2O2. The van der Waals surface area contributed by atoms with Gasteiger partial charge in [-0.25, -0.2) is 13.8 Å². The number of ether oxygens (including phenoxy) is 2. The van der Waals surface area contributed by atoms with Crippen molar-refractivity contribution >= 4 is 5.69 Å². The van der Waals surface area contributed by atoms with Crippen molar-refractivity contribution in [3.05, 3.63) is 18.3 Å². The first-order valence-electron chi connectivity index (χ1n) is 6.06. The van der Waals surface area contributed by atoms with Crippen molar-refractivity contribution in [3.63, 3.8) is 0 Å². The van der Waals surface area contributed by atoms with Crippen LogP contribution in [0.15, 0.2) is 18.3 Å². The molecule has 0 radical (unpaired) electrons. The van der Waals surface area contributed by atoms with E-state index in [4.69, 9.17) is 4.74 Å². The van der Waals surface area contributed by atoms with Crippen LogP contribution in [-0.4, -0.2) is 43.2 Å². The van der Waals surface area contributed by atoms with Gasteiger partial charge in [0.05, 0.1) is 24.5 Å². The standard InChI is InChI=1S/C12H14F4N2O2/c13-11(14)12(15,16)7-20-10-2-1-8(5-17-10)18-9-3-4-19-6-9/h1-2,5,9,11,18H,3-4,6-7H2. The van der Waals surface area contributed by atoms with E-state index in [9.17, 15) is 17.6 Å². The lowest BCUT2D eigenvalue weighted by molar-refractivity contribution is -0.148. The van der Waals surface area contributed by atoms with Gasteiger partial charge in [0.25, 0.3) is 0 Å². The third-order valence-electron chi connectivity index (χ3n) is 2.77. The Morgan fingerprint density at radius 3 is 2.80 bits per heavy atom. The maximum absolute atomic E-state index is 12.7. The average Bonchev–Trinajstić information content (AvgIpc) is 2.91. The van der Waals surface area contributed by atoms with Crippen molar-refractivity contribution in [2.75, 3.05) is 25.1 Å². The van der Waals surface area contributed by atoms with Gasteiger partial charge in [0.15, 0.2) is 6.61 Å². The fraction of sp³-hybridized carbons (Fsp3) is 0.583. The predicted octanol–water partition coefficient (Wildman–Crippen LogP) is 2.56. The number of hydrogen-bond donors (Lipinski definition) is 1. The second-order valence-corrected chi connectivity index (χ2v) is 4.44. The number of alkyl halides is 4. The van der Waals surface area contributed by atoms with Gasteiger partial charge >= 0.3 is 12.3 Å². The highest BCUT2D eigenvalue weighted by molar-refractivity contribution is 5.43. The maximum atomic E-state index is 12.7. The zero-order valence-electron chi connectivity index (χ0n) is 10.5. The van der Waals surface area contributed by atoms with Gasteiger partial charge in [-0.3, -0.25) is 0 Å². The lowest BCUT2D eigenvalue weighted by Gasteiger charge is -2.16. The third kappa shape index (κ3) is 3.96. The Kier molecular flexibility index (Phi) is 4.64. The molecule has 1 aromatic heterocycles. The molecule has 1 aromatic rings. The van der Waals surface area contributed by atoms with Crippen molar-refractivity contribution in [3.8, 4) is 5.88 Å². The Hall–Kier alpha value is -1.57. The summed E-state index contributed by atoms with van der Waals surface area (Å²) in [4.78, 5) is 3.78. The van der Waals surface area contributed by atoms with E-state index in [1.807, 2.05) is 0 Å². The zero-order chi connectivity index (χ0) is 14.6. The number of anilines is 1. The van der Waals surface area contributed by atoms with Gasteiger partial charge in [-0.1, -0.05) is 0 Å². The summed E-state index contributed by atoms with van der Waals surface area (Å²) in [6, 6.07) is 3.12. The SMILES string of the molecule is FC(F)C(F)(F)COc1ccc(NC2CCOC2)cn1. The van der Waals surface area contributed by atoms with Crippen LogP contribution in [0.3, 0.4) is 0 Å². The molecule has 0 spiro atoms. The van der Waals surface area contributed by atoms with Crippen LogP contribution >= 0.6 is 0 Å². The molecule has 1 aliphatic rings. The predicted molar refractivity (Wildman–Crippen MR) is 63.5 cm³/mol. The zero-order valence-corrected chi connectivity index (χ0v) is 10.5. The molecule has 1 atom stereocenters. The summed E-state index contributed by atoms with van der Waals surface area (Å²) in [5.74, 6) is -4.31. The van der Waals surface area contributed by atoms with E-state index in [0.29, 0.717) is 18.9 Å². The summed E-state index contributed by atoms with van der Waals surface area (Å²) in [6.45, 7) is -0.116. The van der Waals surface area contributed by atoms with Crippen LogP contribution in [0.2, 0.25) is 0 Å². The summed E-state index contributed by atoms with van der Waals surface area (Å²) < 4.78 is 58.9. The highest BCUT2D eigenvalue weighted by Crippen LogP contribution is 2.24. The highest BCUT2D eigenvalue weighted by atomic mass is 19.3. The van der Waals surface area contributed by atoms with E-state index in [0.717, 1.165) is 6.42 Å². The smallest absolute Gasteiger partial charge is 0.340 e. The largest absolute Gasteiger partial charge is 0.471 e. The minimum atomic E-state index is -4.18. The molecule has 1 unspecified atom stereocenters. The number of pyridine rings is 1. The Bertz CT molecular complexity index is 422. The summed E-state index contributed by atoms with van der Waals surface area (Å²) in [5.41, 5.74) is 0.688. The summed E-state index contributed by atoms with van der Waals surface area (Å²) in [5, 5.41) is 3.15.